The summed E-state index contributed by atoms with van der Waals surface area (Å²) in [5.41, 5.74) is 8.04. The maximum atomic E-state index is 14.2. The van der Waals surface area contributed by atoms with Crippen LogP contribution in [0.2, 0.25) is 0 Å². The monoisotopic (exact) mass is 874 g/mol. The van der Waals surface area contributed by atoms with Crippen molar-refractivity contribution in [1.29, 1.82) is 0 Å². The Kier molecular flexibility index (Phi) is 18.5. The number of nitrogens with one attached hydrogen (secondary N) is 6. The van der Waals surface area contributed by atoms with Crippen LogP contribution in [0.1, 0.15) is 97.6 Å². The molecule has 63 heavy (non-hydrogen) atoms. The molecule has 0 spiro atoms. The molecule has 344 valence electrons. The van der Waals surface area contributed by atoms with Crippen LogP contribution in [0.3, 0.4) is 0 Å². The zero-order chi connectivity index (χ0) is 46.4. The third-order valence-electron chi connectivity index (χ3n) is 11.4. The van der Waals surface area contributed by atoms with Crippen molar-refractivity contribution in [3.63, 3.8) is 0 Å². The molecule has 17 heteroatoms. The number of aryl methyl sites for hydroxylation is 1. The highest BCUT2D eigenvalue weighted by molar-refractivity contribution is 5.95. The maximum Gasteiger partial charge on any atom is 0.326 e. The number of nitrogens with zero attached hydrogens (tertiary/aromatic N) is 2. The summed E-state index contributed by atoms with van der Waals surface area (Å²) in [7, 11) is 1.93. The number of hydrogen-bond acceptors (Lipinski definition) is 9. The molecular formula is C46H67N9O8. The van der Waals surface area contributed by atoms with Crippen LogP contribution in [-0.4, -0.2) is 92.8 Å². The van der Waals surface area contributed by atoms with E-state index in [-0.39, 0.29) is 61.1 Å². The van der Waals surface area contributed by atoms with Gasteiger partial charge < -0.3 is 47.3 Å². The summed E-state index contributed by atoms with van der Waals surface area (Å²) in [6.45, 7) is 11.4. The molecule has 1 aliphatic heterocycles. The van der Waals surface area contributed by atoms with Gasteiger partial charge in [-0.05, 0) is 87.0 Å². The molecule has 3 aromatic rings. The summed E-state index contributed by atoms with van der Waals surface area (Å²) >= 11 is 0. The number of Topliss-reactive ketones (excluding diaryl/α,β-unsaturated/α-hetero) is 1. The van der Waals surface area contributed by atoms with Crippen molar-refractivity contribution in [2.75, 3.05) is 12.3 Å². The molecule has 4 rings (SSSR count). The van der Waals surface area contributed by atoms with Gasteiger partial charge in [0.2, 0.25) is 23.6 Å². The van der Waals surface area contributed by atoms with Crippen LogP contribution < -0.4 is 37.6 Å². The van der Waals surface area contributed by atoms with Crippen LogP contribution in [0.15, 0.2) is 48.8 Å². The Morgan fingerprint density at radius 2 is 1.56 bits per heavy atom. The average Bonchev–Trinajstić information content (AvgIpc) is 3.54. The van der Waals surface area contributed by atoms with Crippen LogP contribution in [0.4, 0.5) is 10.6 Å². The Labute approximate surface area is 369 Å². The lowest BCUT2D eigenvalue weighted by molar-refractivity contribution is -0.139. The molecule has 1 fully saturated rings. The molecular weight excluding hydrogens is 807 g/mol. The summed E-state index contributed by atoms with van der Waals surface area (Å²) in [6.07, 6.45) is 5.88. The Hall–Kier alpha value is -6.00. The van der Waals surface area contributed by atoms with Crippen molar-refractivity contribution < 1.29 is 38.7 Å². The number of carbonyl (C=O) groups excluding carboxylic acids is 6. The Balaban J connectivity index is 1.61. The number of rotatable bonds is 11. The molecule has 1 saturated heterocycles. The number of anilines is 1. The molecule has 1 aromatic carbocycles. The maximum absolute atomic E-state index is 14.2. The van der Waals surface area contributed by atoms with Gasteiger partial charge >= 0.3 is 12.0 Å². The molecule has 6 amide bonds. The van der Waals surface area contributed by atoms with Crippen LogP contribution in [0.25, 0.3) is 10.9 Å². The number of carboxylic acid groups (broad SMARTS) is 1. The summed E-state index contributed by atoms with van der Waals surface area (Å²) in [5, 5.41) is 27.4. The highest BCUT2D eigenvalue weighted by atomic mass is 16.4. The molecule has 0 radical (unpaired) electrons. The molecule has 3 heterocycles. The number of aliphatic carboxylic acids is 1. The fraction of sp³-hybridized carbons (Fsp3) is 0.565. The van der Waals surface area contributed by atoms with Gasteiger partial charge in [-0.15, -0.1) is 0 Å². The van der Waals surface area contributed by atoms with Gasteiger partial charge in [0.1, 0.15) is 30.0 Å². The normalized spacial score (nSPS) is 23.2. The van der Waals surface area contributed by atoms with Gasteiger partial charge in [0.25, 0.3) is 0 Å². The second-order valence-corrected chi connectivity index (χ2v) is 17.8. The minimum Gasteiger partial charge on any atom is -0.480 e. The van der Waals surface area contributed by atoms with E-state index < -0.39 is 65.9 Å². The molecule has 0 bridgehead atoms. The van der Waals surface area contributed by atoms with Crippen LogP contribution in [-0.2, 0) is 48.7 Å². The number of aromatic nitrogens is 2. The lowest BCUT2D eigenvalue weighted by Crippen LogP contribution is -2.57. The smallest absolute Gasteiger partial charge is 0.326 e. The quantitative estimate of drug-likeness (QED) is 0.139. The lowest BCUT2D eigenvalue weighted by Gasteiger charge is -2.27. The van der Waals surface area contributed by atoms with E-state index in [0.29, 0.717) is 44.1 Å². The van der Waals surface area contributed by atoms with E-state index in [4.69, 9.17) is 5.73 Å². The topological polar surface area (TPSA) is 256 Å². The Morgan fingerprint density at radius 1 is 0.857 bits per heavy atom. The van der Waals surface area contributed by atoms with Crippen LogP contribution in [0, 0.1) is 23.7 Å². The van der Waals surface area contributed by atoms with Crippen LogP contribution >= 0.6 is 0 Å². The first-order valence-electron chi connectivity index (χ1n) is 22.1. The second kappa shape index (κ2) is 23.4. The highest BCUT2D eigenvalue weighted by Gasteiger charge is 2.33. The number of benzene rings is 1. The first-order valence-corrected chi connectivity index (χ1v) is 22.1. The second-order valence-electron chi connectivity index (χ2n) is 17.8. The van der Waals surface area contributed by atoms with Crippen LogP contribution in [0.5, 0.6) is 0 Å². The van der Waals surface area contributed by atoms with E-state index in [0.717, 1.165) is 16.5 Å². The number of carboxylic acids is 1. The van der Waals surface area contributed by atoms with Gasteiger partial charge in [-0.2, -0.15) is 0 Å². The number of hydrogen-bond donors (Lipinski definition) is 8. The molecule has 9 N–H and O–H groups in total. The zero-order valence-corrected chi connectivity index (χ0v) is 37.7. The largest absolute Gasteiger partial charge is 0.480 e. The van der Waals surface area contributed by atoms with E-state index in [9.17, 15) is 38.7 Å². The average molecular weight is 874 g/mol. The molecule has 0 saturated carbocycles. The fourth-order valence-corrected chi connectivity index (χ4v) is 7.99. The van der Waals surface area contributed by atoms with Gasteiger partial charge in [-0.3, -0.25) is 24.0 Å². The minimum absolute atomic E-state index is 0.0353. The van der Waals surface area contributed by atoms with Gasteiger partial charge in [0, 0.05) is 61.6 Å². The highest BCUT2D eigenvalue weighted by Crippen LogP contribution is 2.25. The third kappa shape index (κ3) is 15.1. The fourth-order valence-electron chi connectivity index (χ4n) is 7.99. The number of amides is 6. The van der Waals surface area contributed by atoms with E-state index >= 15 is 0 Å². The molecule has 0 aliphatic carbocycles. The molecule has 2 aromatic heterocycles. The van der Waals surface area contributed by atoms with Crippen molar-refractivity contribution in [3.05, 3.63) is 59.9 Å². The Morgan fingerprint density at radius 3 is 2.22 bits per heavy atom. The van der Waals surface area contributed by atoms with E-state index in [1.54, 1.807) is 13.0 Å². The van der Waals surface area contributed by atoms with Crippen molar-refractivity contribution in [2.45, 2.75) is 130 Å². The SMILES string of the molecule is CC(C)C[C@@H]1CCC(C)C(=O)[C@H](CC(C)C)NC(=O)[C@H](C)NC(=O)[C@H](NC(=O)NC(Cc2ccc(N)nc2)C(=O)O)CCCCNC(=O)[C@H](Cc2cn(C)c3ccccc23)NC1=O. The molecule has 1 aliphatic rings. The number of fused-ring (bicyclic) bond motifs is 1. The Bertz CT molecular complexity index is 2070. The molecule has 2 unspecified atom stereocenters. The number of ketones is 1. The minimum atomic E-state index is -1.38. The van der Waals surface area contributed by atoms with E-state index in [2.05, 4.69) is 36.9 Å². The number of nitrogen functional groups attached to an aromatic ring is 1. The predicted molar refractivity (Wildman–Crippen MR) is 240 cm³/mol. The first-order chi connectivity index (χ1) is 29.8. The van der Waals surface area contributed by atoms with Gasteiger partial charge in [-0.1, -0.05) is 58.9 Å². The van der Waals surface area contributed by atoms with Crippen molar-refractivity contribution in [2.24, 2.45) is 30.7 Å². The molecule has 17 nitrogen and oxygen atoms in total. The van der Waals surface area contributed by atoms with Crippen molar-refractivity contribution >= 4 is 58.1 Å². The summed E-state index contributed by atoms with van der Waals surface area (Å²) < 4.78 is 1.98. The standard InChI is InChI=1S/C46H67N9O8/c1-26(2)20-31-17-15-28(5)40(56)35(21-27(3)4)51-41(57)29(6)50-44(60)34(53-46(63)54-37(45(61)62)22-30-16-18-39(47)49-24-30)13-10-11-19-48-43(59)36(52-42(31)58)23-32-25-55(7)38-14-9-8-12-33(32)38/h8-9,12,14,16,18,24-29,31,34-37H,10-11,13,15,17,19-23H2,1-7H3,(H2,47,49)(H,48,59)(H,50,60)(H,51,57)(H,52,58)(H,61,62)(H2,53,54,63)/t28?,29-,31-,34+,35-,36-,37?/m0/s1. The summed E-state index contributed by atoms with van der Waals surface area (Å²) in [5.74, 6) is -4.03. The number of urea groups is 1. The zero-order valence-electron chi connectivity index (χ0n) is 37.7. The van der Waals surface area contributed by atoms with Gasteiger partial charge in [-0.25, -0.2) is 14.6 Å². The third-order valence-corrected chi connectivity index (χ3v) is 11.4. The predicted octanol–water partition coefficient (Wildman–Crippen LogP) is 3.53. The van der Waals surface area contributed by atoms with E-state index in [1.165, 1.54) is 19.2 Å². The van der Waals surface area contributed by atoms with Gasteiger partial charge in [0.15, 0.2) is 5.78 Å². The first kappa shape index (κ1) is 49.7. The lowest BCUT2D eigenvalue weighted by atomic mass is 9.85. The number of carbonyl (C=O) groups is 7. The van der Waals surface area contributed by atoms with Crippen molar-refractivity contribution in [1.82, 2.24) is 41.5 Å². The van der Waals surface area contributed by atoms with E-state index in [1.807, 2.05) is 69.8 Å². The number of para-hydroxylation sites is 1. The van der Waals surface area contributed by atoms with Gasteiger partial charge in [0.05, 0.1) is 6.04 Å². The summed E-state index contributed by atoms with van der Waals surface area (Å²) in [4.78, 5) is 99.0. The number of pyridine rings is 1. The number of nitrogens with two attached hydrogens (primary N) is 1. The van der Waals surface area contributed by atoms with Crippen molar-refractivity contribution in [3.8, 4) is 0 Å². The summed E-state index contributed by atoms with van der Waals surface area (Å²) in [6, 6.07) is 4.51. The molecule has 7 atom stereocenters.